The summed E-state index contributed by atoms with van der Waals surface area (Å²) in [6.45, 7) is 1.51. The van der Waals surface area contributed by atoms with Crippen LogP contribution in [0.4, 0.5) is 5.69 Å². The van der Waals surface area contributed by atoms with E-state index in [-0.39, 0.29) is 11.7 Å². The molecule has 0 fully saturated rings. The minimum absolute atomic E-state index is 0.0204. The van der Waals surface area contributed by atoms with Crippen LogP contribution >= 0.6 is 11.3 Å². The number of carbonyl (C=O) groups excluding carboxylic acids is 2. The maximum absolute atomic E-state index is 12.3. The van der Waals surface area contributed by atoms with Crippen LogP contribution in [0, 0.1) is 0 Å². The number of ketones is 1. The average molecular weight is 295 g/mol. The maximum atomic E-state index is 12.3. The van der Waals surface area contributed by atoms with Crippen LogP contribution in [0.25, 0.3) is 10.1 Å². The molecule has 0 spiro atoms. The number of hydrogen-bond acceptors (Lipinski definition) is 3. The van der Waals surface area contributed by atoms with Gasteiger partial charge in [0.2, 0.25) is 0 Å². The Labute approximate surface area is 126 Å². The van der Waals surface area contributed by atoms with E-state index in [2.05, 4.69) is 5.32 Å². The van der Waals surface area contributed by atoms with E-state index in [1.165, 1.54) is 18.3 Å². The lowest BCUT2D eigenvalue weighted by molar-refractivity contribution is 0.101. The fourth-order valence-corrected chi connectivity index (χ4v) is 3.06. The van der Waals surface area contributed by atoms with E-state index in [9.17, 15) is 9.59 Å². The smallest absolute Gasteiger partial charge is 0.265 e. The summed E-state index contributed by atoms with van der Waals surface area (Å²) in [5, 5.41) is 3.89. The SMILES string of the molecule is CC(=O)c1cccc(NC(=O)c2cc3ccccc3s2)c1. The molecule has 0 aliphatic rings. The summed E-state index contributed by atoms with van der Waals surface area (Å²) in [6, 6.07) is 16.7. The molecule has 0 radical (unpaired) electrons. The Bertz CT molecular complexity index is 802. The van der Waals surface area contributed by atoms with E-state index >= 15 is 0 Å². The lowest BCUT2D eigenvalue weighted by Crippen LogP contribution is -2.10. The van der Waals surface area contributed by atoms with Crippen molar-refractivity contribution in [2.24, 2.45) is 0 Å². The molecule has 0 atom stereocenters. The molecular formula is C17H13NO2S. The highest BCUT2D eigenvalue weighted by Crippen LogP contribution is 2.26. The van der Waals surface area contributed by atoms with Crippen molar-refractivity contribution in [3.63, 3.8) is 0 Å². The molecule has 1 aromatic heterocycles. The van der Waals surface area contributed by atoms with E-state index in [0.29, 0.717) is 16.1 Å². The topological polar surface area (TPSA) is 46.2 Å². The van der Waals surface area contributed by atoms with Crippen molar-refractivity contribution in [3.05, 3.63) is 65.0 Å². The highest BCUT2D eigenvalue weighted by atomic mass is 32.1. The van der Waals surface area contributed by atoms with Gasteiger partial charge in [-0.15, -0.1) is 11.3 Å². The van der Waals surface area contributed by atoms with E-state index in [1.54, 1.807) is 24.3 Å². The number of amides is 1. The first-order chi connectivity index (χ1) is 10.1. The Morgan fingerprint density at radius 1 is 1.00 bits per heavy atom. The molecule has 4 heteroatoms. The van der Waals surface area contributed by atoms with Crippen LogP contribution in [0.3, 0.4) is 0 Å². The van der Waals surface area contributed by atoms with Gasteiger partial charge in [-0.2, -0.15) is 0 Å². The molecule has 0 saturated carbocycles. The van der Waals surface area contributed by atoms with Crippen LogP contribution < -0.4 is 5.32 Å². The van der Waals surface area contributed by atoms with Crippen molar-refractivity contribution in [2.45, 2.75) is 6.92 Å². The normalized spacial score (nSPS) is 10.5. The lowest BCUT2D eigenvalue weighted by Gasteiger charge is -2.04. The zero-order chi connectivity index (χ0) is 14.8. The monoisotopic (exact) mass is 295 g/mol. The molecule has 3 nitrogen and oxygen atoms in total. The predicted octanol–water partition coefficient (Wildman–Crippen LogP) is 4.36. The number of rotatable bonds is 3. The summed E-state index contributed by atoms with van der Waals surface area (Å²) in [4.78, 5) is 24.3. The van der Waals surface area contributed by atoms with Crippen LogP contribution in [0.15, 0.2) is 54.6 Å². The summed E-state index contributed by atoms with van der Waals surface area (Å²) < 4.78 is 1.08. The highest BCUT2D eigenvalue weighted by Gasteiger charge is 2.11. The summed E-state index contributed by atoms with van der Waals surface area (Å²) in [6.07, 6.45) is 0. The van der Waals surface area contributed by atoms with Crippen LogP contribution in [-0.2, 0) is 0 Å². The van der Waals surface area contributed by atoms with E-state index < -0.39 is 0 Å². The molecule has 0 saturated heterocycles. The summed E-state index contributed by atoms with van der Waals surface area (Å²) >= 11 is 1.46. The van der Waals surface area contributed by atoms with Gasteiger partial charge in [0.05, 0.1) is 4.88 Å². The van der Waals surface area contributed by atoms with E-state index in [4.69, 9.17) is 0 Å². The van der Waals surface area contributed by atoms with Gasteiger partial charge in [0.15, 0.2) is 5.78 Å². The number of thiophene rings is 1. The zero-order valence-electron chi connectivity index (χ0n) is 11.4. The lowest BCUT2D eigenvalue weighted by atomic mass is 10.1. The van der Waals surface area contributed by atoms with Gasteiger partial charge in [-0.3, -0.25) is 9.59 Å². The van der Waals surface area contributed by atoms with Gasteiger partial charge in [-0.25, -0.2) is 0 Å². The Morgan fingerprint density at radius 3 is 2.57 bits per heavy atom. The van der Waals surface area contributed by atoms with Crippen LogP contribution in [0.2, 0.25) is 0 Å². The molecule has 0 aliphatic carbocycles. The largest absolute Gasteiger partial charge is 0.321 e. The minimum atomic E-state index is -0.156. The van der Waals surface area contributed by atoms with Gasteiger partial charge in [-0.05, 0) is 36.6 Å². The third-order valence-corrected chi connectivity index (χ3v) is 4.29. The Hall–Kier alpha value is -2.46. The summed E-state index contributed by atoms with van der Waals surface area (Å²) in [5.74, 6) is -0.176. The molecule has 0 aliphatic heterocycles. The molecule has 1 N–H and O–H groups in total. The molecule has 1 amide bonds. The van der Waals surface area contributed by atoms with Crippen LogP contribution in [-0.4, -0.2) is 11.7 Å². The van der Waals surface area contributed by atoms with Gasteiger partial charge in [0.1, 0.15) is 0 Å². The van der Waals surface area contributed by atoms with Crippen molar-refractivity contribution >= 4 is 38.8 Å². The van der Waals surface area contributed by atoms with Gasteiger partial charge in [-0.1, -0.05) is 30.3 Å². The predicted molar refractivity (Wildman–Crippen MR) is 86.2 cm³/mol. The second-order valence-corrected chi connectivity index (χ2v) is 5.82. The third-order valence-electron chi connectivity index (χ3n) is 3.18. The minimum Gasteiger partial charge on any atom is -0.321 e. The quantitative estimate of drug-likeness (QED) is 0.730. The molecule has 21 heavy (non-hydrogen) atoms. The Balaban J connectivity index is 1.85. The molecule has 3 aromatic rings. The molecule has 0 unspecified atom stereocenters. The standard InChI is InChI=1S/C17H13NO2S/c1-11(19)12-6-4-7-14(9-12)18-17(20)16-10-13-5-2-3-8-15(13)21-16/h2-10H,1H3,(H,18,20). The van der Waals surface area contributed by atoms with Crippen molar-refractivity contribution in [1.82, 2.24) is 0 Å². The Kier molecular flexibility index (Phi) is 3.54. The van der Waals surface area contributed by atoms with Crippen LogP contribution in [0.5, 0.6) is 0 Å². The zero-order valence-corrected chi connectivity index (χ0v) is 12.2. The van der Waals surface area contributed by atoms with Gasteiger partial charge >= 0.3 is 0 Å². The summed E-state index contributed by atoms with van der Waals surface area (Å²) in [7, 11) is 0. The molecule has 3 rings (SSSR count). The molecule has 2 aromatic carbocycles. The second kappa shape index (κ2) is 5.50. The Morgan fingerprint density at radius 2 is 1.81 bits per heavy atom. The fraction of sp³-hybridized carbons (Fsp3) is 0.0588. The van der Waals surface area contributed by atoms with Crippen molar-refractivity contribution < 1.29 is 9.59 Å². The summed E-state index contributed by atoms with van der Waals surface area (Å²) in [5.41, 5.74) is 1.22. The number of carbonyl (C=O) groups is 2. The average Bonchev–Trinajstić information content (AvgIpc) is 2.91. The van der Waals surface area contributed by atoms with E-state index in [1.807, 2.05) is 30.3 Å². The first-order valence-electron chi connectivity index (χ1n) is 6.54. The van der Waals surface area contributed by atoms with Crippen molar-refractivity contribution in [1.29, 1.82) is 0 Å². The van der Waals surface area contributed by atoms with E-state index in [0.717, 1.165) is 10.1 Å². The maximum Gasteiger partial charge on any atom is 0.265 e. The third kappa shape index (κ3) is 2.85. The van der Waals surface area contributed by atoms with Crippen LogP contribution in [0.1, 0.15) is 27.0 Å². The number of benzene rings is 2. The van der Waals surface area contributed by atoms with Gasteiger partial charge in [0, 0.05) is 16.0 Å². The number of nitrogens with one attached hydrogen (secondary N) is 1. The number of anilines is 1. The first kappa shape index (κ1) is 13.5. The molecular weight excluding hydrogens is 282 g/mol. The fourth-order valence-electron chi connectivity index (χ4n) is 2.10. The van der Waals surface area contributed by atoms with Crippen molar-refractivity contribution in [2.75, 3.05) is 5.32 Å². The number of fused-ring (bicyclic) bond motifs is 1. The highest BCUT2D eigenvalue weighted by molar-refractivity contribution is 7.20. The van der Waals surface area contributed by atoms with Gasteiger partial charge in [0.25, 0.3) is 5.91 Å². The number of Topliss-reactive ketones (excluding diaryl/α,β-unsaturated/α-hetero) is 1. The first-order valence-corrected chi connectivity index (χ1v) is 7.36. The molecule has 0 bridgehead atoms. The van der Waals surface area contributed by atoms with Gasteiger partial charge < -0.3 is 5.32 Å². The second-order valence-electron chi connectivity index (χ2n) is 4.74. The number of hydrogen-bond donors (Lipinski definition) is 1. The van der Waals surface area contributed by atoms with Crippen molar-refractivity contribution in [3.8, 4) is 0 Å². The molecule has 1 heterocycles. The molecule has 104 valence electrons.